The number of benzene rings is 2. The third-order valence-corrected chi connectivity index (χ3v) is 10.8. The number of carbonyl (C=O) groups excluding carboxylic acids is 2. The average Bonchev–Trinajstić information content (AvgIpc) is 3.70. The monoisotopic (exact) mass is 583 g/mol. The molecule has 2 saturated heterocycles. The third-order valence-electron chi connectivity index (χ3n) is 6.96. The van der Waals surface area contributed by atoms with Crippen LogP contribution in [0.5, 0.6) is 0 Å². The summed E-state index contributed by atoms with van der Waals surface area (Å²) in [4.78, 5) is 30.1. The minimum absolute atomic E-state index is 0.125. The summed E-state index contributed by atoms with van der Waals surface area (Å²) in [5, 5.41) is 5.42. The van der Waals surface area contributed by atoms with Crippen LogP contribution in [0.1, 0.15) is 46.4 Å². The van der Waals surface area contributed by atoms with Gasteiger partial charge in [0.05, 0.1) is 27.4 Å². The molecular weight excluding hydrogens is 554 g/mol. The Labute approximate surface area is 233 Å². The van der Waals surface area contributed by atoms with Crippen molar-refractivity contribution in [1.29, 1.82) is 0 Å². The van der Waals surface area contributed by atoms with Crippen molar-refractivity contribution in [2.24, 2.45) is 0 Å². The molecule has 0 atom stereocenters. The first kappa shape index (κ1) is 27.9. The lowest BCUT2D eigenvalue weighted by Gasteiger charge is -2.16. The van der Waals surface area contributed by atoms with E-state index in [1.807, 2.05) is 0 Å². The van der Waals surface area contributed by atoms with Gasteiger partial charge in [-0.25, -0.2) is 16.8 Å². The maximum absolute atomic E-state index is 12.9. The van der Waals surface area contributed by atoms with Crippen molar-refractivity contribution in [3.63, 3.8) is 0 Å². The van der Waals surface area contributed by atoms with Crippen molar-refractivity contribution >= 4 is 43.2 Å². The average molecular weight is 584 g/mol. The number of anilines is 2. The Balaban J connectivity index is 1.26. The summed E-state index contributed by atoms with van der Waals surface area (Å²) >= 11 is 0. The Kier molecular flexibility index (Phi) is 7.99. The minimum atomic E-state index is -3.59. The molecule has 2 amide bonds. The number of sulfonamides is 2. The van der Waals surface area contributed by atoms with Gasteiger partial charge in [0.25, 0.3) is 11.8 Å². The van der Waals surface area contributed by atoms with E-state index in [1.165, 1.54) is 75.6 Å². The minimum Gasteiger partial charge on any atom is -0.320 e. The second-order valence-corrected chi connectivity index (χ2v) is 13.5. The van der Waals surface area contributed by atoms with Gasteiger partial charge in [-0.1, -0.05) is 0 Å². The first-order valence-corrected chi connectivity index (χ1v) is 15.8. The van der Waals surface area contributed by atoms with E-state index in [0.29, 0.717) is 26.2 Å². The maximum atomic E-state index is 12.9. The Morgan fingerprint density at radius 1 is 0.600 bits per heavy atom. The molecule has 2 N–H and O–H groups in total. The third kappa shape index (κ3) is 5.77. The van der Waals surface area contributed by atoms with Crippen LogP contribution in [0.3, 0.4) is 0 Å². The topological polar surface area (TPSA) is 146 Å². The van der Waals surface area contributed by atoms with Crippen LogP contribution in [0, 0.1) is 0 Å². The molecule has 1 aromatic heterocycles. The van der Waals surface area contributed by atoms with Crippen LogP contribution in [0.25, 0.3) is 0 Å². The van der Waals surface area contributed by atoms with Gasteiger partial charge >= 0.3 is 0 Å². The Morgan fingerprint density at radius 3 is 1.43 bits per heavy atom. The lowest BCUT2D eigenvalue weighted by Crippen LogP contribution is -2.27. The molecular formula is C27H29N5O6S2. The first-order chi connectivity index (χ1) is 19.2. The van der Waals surface area contributed by atoms with Crippen molar-refractivity contribution in [2.75, 3.05) is 36.8 Å². The summed E-state index contributed by atoms with van der Waals surface area (Å²) in [6.07, 6.45) is 6.15. The van der Waals surface area contributed by atoms with E-state index in [-0.39, 0.29) is 32.3 Å². The van der Waals surface area contributed by atoms with Crippen molar-refractivity contribution in [3.8, 4) is 0 Å². The standard InChI is InChI=1S/C27H29N5O6S2/c33-26(20-5-9-22(10-6-20)39(35,36)31-15-1-2-16-31)29-24-13-14-28-19-25(24)30-27(34)21-7-11-23(12-8-21)40(37,38)32-17-3-4-18-32/h5-14,19H,1-4,15-18H2,(H,30,34)(H,28,29,33). The van der Waals surface area contributed by atoms with Gasteiger partial charge < -0.3 is 10.6 Å². The zero-order valence-electron chi connectivity index (χ0n) is 21.6. The van der Waals surface area contributed by atoms with Gasteiger partial charge in [-0.15, -0.1) is 0 Å². The highest BCUT2D eigenvalue weighted by atomic mass is 32.2. The summed E-state index contributed by atoms with van der Waals surface area (Å²) in [5.41, 5.74) is 0.999. The van der Waals surface area contributed by atoms with E-state index in [9.17, 15) is 26.4 Å². The van der Waals surface area contributed by atoms with E-state index in [1.54, 1.807) is 0 Å². The van der Waals surface area contributed by atoms with Crippen molar-refractivity contribution in [3.05, 3.63) is 78.1 Å². The van der Waals surface area contributed by atoms with Crippen LogP contribution in [0.2, 0.25) is 0 Å². The van der Waals surface area contributed by atoms with Gasteiger partial charge in [-0.2, -0.15) is 8.61 Å². The lowest BCUT2D eigenvalue weighted by atomic mass is 10.2. The largest absolute Gasteiger partial charge is 0.320 e. The second-order valence-electron chi connectivity index (χ2n) is 9.60. The fourth-order valence-corrected chi connectivity index (χ4v) is 7.74. The Bertz CT molecular complexity index is 1490. The van der Waals surface area contributed by atoms with Crippen molar-refractivity contribution in [1.82, 2.24) is 13.6 Å². The lowest BCUT2D eigenvalue weighted by molar-refractivity contribution is 0.101. The van der Waals surface area contributed by atoms with Crippen LogP contribution in [0.4, 0.5) is 11.4 Å². The van der Waals surface area contributed by atoms with Gasteiger partial charge in [-0.05, 0) is 80.3 Å². The van der Waals surface area contributed by atoms with Gasteiger partial charge in [-0.3, -0.25) is 14.6 Å². The molecule has 0 radical (unpaired) electrons. The molecule has 2 aliphatic heterocycles. The fraction of sp³-hybridized carbons (Fsp3) is 0.296. The Hall–Kier alpha value is -3.65. The van der Waals surface area contributed by atoms with Gasteiger partial charge in [0, 0.05) is 43.5 Å². The van der Waals surface area contributed by atoms with Crippen LogP contribution in [-0.4, -0.2) is 68.4 Å². The molecule has 2 aliphatic rings. The zero-order chi connectivity index (χ0) is 28.3. The van der Waals surface area contributed by atoms with E-state index in [2.05, 4.69) is 15.6 Å². The normalized spacial score (nSPS) is 16.6. The summed E-state index contributed by atoms with van der Waals surface area (Å²) < 4.78 is 53.9. The second kappa shape index (κ2) is 11.5. The highest BCUT2D eigenvalue weighted by Gasteiger charge is 2.28. The number of nitrogens with one attached hydrogen (secondary N) is 2. The van der Waals surface area contributed by atoms with Crippen molar-refractivity contribution < 1.29 is 26.4 Å². The molecule has 0 unspecified atom stereocenters. The van der Waals surface area contributed by atoms with Crippen LogP contribution < -0.4 is 10.6 Å². The molecule has 0 spiro atoms. The molecule has 0 aliphatic carbocycles. The van der Waals surface area contributed by atoms with Crippen molar-refractivity contribution in [2.45, 2.75) is 35.5 Å². The summed E-state index contributed by atoms with van der Waals surface area (Å²) in [6, 6.07) is 12.9. The molecule has 0 saturated carbocycles. The molecule has 210 valence electrons. The van der Waals surface area contributed by atoms with E-state index >= 15 is 0 Å². The first-order valence-electron chi connectivity index (χ1n) is 12.9. The van der Waals surface area contributed by atoms with Gasteiger partial charge in [0.1, 0.15) is 0 Å². The molecule has 13 heteroatoms. The van der Waals surface area contributed by atoms with Crippen LogP contribution in [0.15, 0.2) is 76.8 Å². The number of hydrogen-bond acceptors (Lipinski definition) is 7. The highest BCUT2D eigenvalue weighted by molar-refractivity contribution is 7.89. The quantitative estimate of drug-likeness (QED) is 0.414. The smallest absolute Gasteiger partial charge is 0.255 e. The predicted molar refractivity (Wildman–Crippen MR) is 149 cm³/mol. The Morgan fingerprint density at radius 2 is 1.00 bits per heavy atom. The number of pyridine rings is 1. The number of carbonyl (C=O) groups is 2. The SMILES string of the molecule is O=C(Nc1ccncc1NC(=O)c1ccc(S(=O)(=O)N2CCCC2)cc1)c1ccc(S(=O)(=O)N2CCCC2)cc1. The molecule has 40 heavy (non-hydrogen) atoms. The number of rotatable bonds is 8. The number of aromatic nitrogens is 1. The summed E-state index contributed by atoms with van der Waals surface area (Å²) in [6.45, 7) is 1.95. The van der Waals surface area contributed by atoms with Crippen LogP contribution >= 0.6 is 0 Å². The zero-order valence-corrected chi connectivity index (χ0v) is 23.2. The van der Waals surface area contributed by atoms with E-state index in [4.69, 9.17) is 0 Å². The molecule has 3 heterocycles. The van der Waals surface area contributed by atoms with E-state index < -0.39 is 31.9 Å². The predicted octanol–water partition coefficient (Wildman–Crippen LogP) is 3.16. The number of amides is 2. The van der Waals surface area contributed by atoms with Gasteiger partial charge in [0.2, 0.25) is 20.0 Å². The molecule has 2 fully saturated rings. The molecule has 2 aromatic carbocycles. The molecule has 3 aromatic rings. The fourth-order valence-electron chi connectivity index (χ4n) is 4.70. The molecule has 0 bridgehead atoms. The summed E-state index contributed by atoms with van der Waals surface area (Å²) in [7, 11) is -7.19. The number of hydrogen-bond donors (Lipinski definition) is 2. The van der Waals surface area contributed by atoms with Gasteiger partial charge in [0.15, 0.2) is 0 Å². The molecule has 11 nitrogen and oxygen atoms in total. The highest BCUT2D eigenvalue weighted by Crippen LogP contribution is 2.25. The number of nitrogens with zero attached hydrogens (tertiary/aromatic N) is 3. The van der Waals surface area contributed by atoms with E-state index in [0.717, 1.165) is 25.7 Å². The summed E-state index contributed by atoms with van der Waals surface area (Å²) in [5.74, 6) is -1.01. The molecule has 5 rings (SSSR count). The van der Waals surface area contributed by atoms with Crippen LogP contribution in [-0.2, 0) is 20.0 Å². The maximum Gasteiger partial charge on any atom is 0.255 e.